The number of carbonyl (C=O) groups excluding carboxylic acids is 2. The van der Waals surface area contributed by atoms with Gasteiger partial charge in [-0.2, -0.15) is 5.10 Å². The van der Waals surface area contributed by atoms with Gasteiger partial charge < -0.3 is 10.6 Å². The molecule has 0 aliphatic heterocycles. The Morgan fingerprint density at radius 2 is 2.00 bits per heavy atom. The highest BCUT2D eigenvalue weighted by Gasteiger charge is 2.24. The molecular weight excluding hydrogens is 400 g/mol. The van der Waals surface area contributed by atoms with Crippen LogP contribution in [0.1, 0.15) is 34.5 Å². The fourth-order valence-electron chi connectivity index (χ4n) is 2.87. The standard InChI is InChI=1S/C21H22N6O2S/c1-13-3-6-16(14(2)9-13)25-19(28)11-30-20-10-18(22-12-23-20)27-8-7-17(26-27)21(29)24-15-4-5-15/h3,6-10,12,15H,4-5,11H2,1-2H3,(H,24,29)(H,25,28). The van der Waals surface area contributed by atoms with Crippen molar-refractivity contribution in [2.24, 2.45) is 0 Å². The molecule has 1 aromatic carbocycles. The first-order valence-corrected chi connectivity index (χ1v) is 10.7. The maximum absolute atomic E-state index is 12.3. The van der Waals surface area contributed by atoms with E-state index in [1.807, 2.05) is 32.0 Å². The molecule has 1 saturated carbocycles. The quantitative estimate of drug-likeness (QED) is 0.448. The molecule has 30 heavy (non-hydrogen) atoms. The molecule has 0 atom stereocenters. The monoisotopic (exact) mass is 422 g/mol. The molecule has 0 radical (unpaired) electrons. The molecule has 0 spiro atoms. The van der Waals surface area contributed by atoms with Crippen LogP contribution in [0.25, 0.3) is 5.82 Å². The minimum atomic E-state index is -0.178. The first kappa shape index (κ1) is 20.1. The lowest BCUT2D eigenvalue weighted by atomic mass is 10.1. The van der Waals surface area contributed by atoms with Gasteiger partial charge in [0.05, 0.1) is 5.75 Å². The Morgan fingerprint density at radius 1 is 1.17 bits per heavy atom. The summed E-state index contributed by atoms with van der Waals surface area (Å²) in [6, 6.07) is 9.58. The Bertz CT molecular complexity index is 1090. The summed E-state index contributed by atoms with van der Waals surface area (Å²) in [7, 11) is 0. The predicted octanol–water partition coefficient (Wildman–Crippen LogP) is 2.90. The van der Waals surface area contributed by atoms with Crippen molar-refractivity contribution in [2.45, 2.75) is 37.8 Å². The van der Waals surface area contributed by atoms with Crippen LogP contribution in [0.2, 0.25) is 0 Å². The zero-order valence-electron chi connectivity index (χ0n) is 16.8. The first-order valence-electron chi connectivity index (χ1n) is 9.67. The molecule has 2 N–H and O–H groups in total. The van der Waals surface area contributed by atoms with Gasteiger partial charge in [0.1, 0.15) is 11.4 Å². The number of benzene rings is 1. The minimum Gasteiger partial charge on any atom is -0.348 e. The molecule has 2 heterocycles. The second kappa shape index (κ2) is 8.66. The number of hydrogen-bond donors (Lipinski definition) is 2. The van der Waals surface area contributed by atoms with E-state index in [0.29, 0.717) is 16.5 Å². The van der Waals surface area contributed by atoms with Gasteiger partial charge in [-0.05, 0) is 44.4 Å². The van der Waals surface area contributed by atoms with Gasteiger partial charge in [0.2, 0.25) is 5.91 Å². The van der Waals surface area contributed by atoms with E-state index in [4.69, 9.17) is 0 Å². The Hall–Kier alpha value is -3.20. The Morgan fingerprint density at radius 3 is 2.77 bits per heavy atom. The van der Waals surface area contributed by atoms with E-state index in [1.165, 1.54) is 22.8 Å². The topological polar surface area (TPSA) is 102 Å². The van der Waals surface area contributed by atoms with Crippen molar-refractivity contribution in [3.05, 3.63) is 59.7 Å². The Balaban J connectivity index is 1.37. The molecule has 9 heteroatoms. The van der Waals surface area contributed by atoms with E-state index in [2.05, 4.69) is 25.7 Å². The van der Waals surface area contributed by atoms with Gasteiger partial charge in [-0.1, -0.05) is 29.5 Å². The smallest absolute Gasteiger partial charge is 0.272 e. The van der Waals surface area contributed by atoms with Gasteiger partial charge in [-0.25, -0.2) is 14.6 Å². The molecule has 1 fully saturated rings. The minimum absolute atomic E-state index is 0.106. The molecule has 154 valence electrons. The molecule has 3 aromatic rings. The number of amides is 2. The van der Waals surface area contributed by atoms with E-state index < -0.39 is 0 Å². The zero-order chi connectivity index (χ0) is 21.1. The number of anilines is 1. The molecule has 0 unspecified atom stereocenters. The summed E-state index contributed by atoms with van der Waals surface area (Å²) in [5.41, 5.74) is 3.34. The van der Waals surface area contributed by atoms with Crippen molar-refractivity contribution in [3.63, 3.8) is 0 Å². The average molecular weight is 423 g/mol. The zero-order valence-corrected chi connectivity index (χ0v) is 17.6. The Kier molecular flexibility index (Phi) is 5.80. The average Bonchev–Trinajstić information content (AvgIpc) is 3.39. The van der Waals surface area contributed by atoms with Crippen LogP contribution in [0.5, 0.6) is 0 Å². The number of nitrogens with one attached hydrogen (secondary N) is 2. The summed E-state index contributed by atoms with van der Waals surface area (Å²) in [5.74, 6) is 0.471. The molecule has 1 aliphatic rings. The molecule has 8 nitrogen and oxygen atoms in total. The summed E-state index contributed by atoms with van der Waals surface area (Å²) in [5, 5.41) is 10.8. The van der Waals surface area contributed by atoms with Crippen LogP contribution in [0.4, 0.5) is 5.69 Å². The molecule has 2 aromatic heterocycles. The lowest BCUT2D eigenvalue weighted by Crippen LogP contribution is -2.25. The number of rotatable bonds is 7. The van der Waals surface area contributed by atoms with Crippen LogP contribution >= 0.6 is 11.8 Å². The number of aromatic nitrogens is 4. The lowest BCUT2D eigenvalue weighted by Gasteiger charge is -2.09. The summed E-state index contributed by atoms with van der Waals surface area (Å²) < 4.78 is 1.53. The third kappa shape index (κ3) is 5.04. The Labute approximate surface area is 178 Å². The number of thioether (sulfide) groups is 1. The summed E-state index contributed by atoms with van der Waals surface area (Å²) in [4.78, 5) is 32.8. The number of carbonyl (C=O) groups is 2. The summed E-state index contributed by atoms with van der Waals surface area (Å²) in [6.45, 7) is 3.99. The van der Waals surface area contributed by atoms with Gasteiger partial charge >= 0.3 is 0 Å². The van der Waals surface area contributed by atoms with E-state index in [-0.39, 0.29) is 23.6 Å². The highest BCUT2D eigenvalue weighted by Crippen LogP contribution is 2.21. The number of nitrogens with zero attached hydrogens (tertiary/aromatic N) is 4. The third-order valence-corrected chi connectivity index (χ3v) is 5.53. The second-order valence-corrected chi connectivity index (χ2v) is 8.26. The lowest BCUT2D eigenvalue weighted by molar-refractivity contribution is -0.113. The highest BCUT2D eigenvalue weighted by molar-refractivity contribution is 7.99. The van der Waals surface area contributed by atoms with E-state index in [1.54, 1.807) is 18.3 Å². The maximum atomic E-state index is 12.3. The van der Waals surface area contributed by atoms with Crippen molar-refractivity contribution >= 4 is 29.3 Å². The van der Waals surface area contributed by atoms with Gasteiger partial charge in [-0.15, -0.1) is 0 Å². The van der Waals surface area contributed by atoms with Crippen LogP contribution in [0.3, 0.4) is 0 Å². The van der Waals surface area contributed by atoms with Crippen LogP contribution in [-0.2, 0) is 4.79 Å². The third-order valence-electron chi connectivity index (χ3n) is 4.60. The second-order valence-electron chi connectivity index (χ2n) is 7.26. The summed E-state index contributed by atoms with van der Waals surface area (Å²) in [6.07, 6.45) is 5.16. The van der Waals surface area contributed by atoms with Gasteiger partial charge in [0.25, 0.3) is 5.91 Å². The van der Waals surface area contributed by atoms with Crippen LogP contribution in [-0.4, -0.2) is 43.4 Å². The normalized spacial score (nSPS) is 13.1. The maximum Gasteiger partial charge on any atom is 0.272 e. The van der Waals surface area contributed by atoms with Gasteiger partial charge in [-0.3, -0.25) is 9.59 Å². The van der Waals surface area contributed by atoms with Crippen molar-refractivity contribution < 1.29 is 9.59 Å². The number of hydrogen-bond acceptors (Lipinski definition) is 6. The van der Waals surface area contributed by atoms with Crippen molar-refractivity contribution in [1.82, 2.24) is 25.1 Å². The van der Waals surface area contributed by atoms with Gasteiger partial charge in [0.15, 0.2) is 11.5 Å². The van der Waals surface area contributed by atoms with Gasteiger partial charge in [0, 0.05) is 24.0 Å². The molecule has 0 saturated heterocycles. The molecule has 2 amide bonds. The highest BCUT2D eigenvalue weighted by atomic mass is 32.2. The molecule has 0 bridgehead atoms. The fraction of sp³-hybridized carbons (Fsp3) is 0.286. The van der Waals surface area contributed by atoms with E-state index in [0.717, 1.165) is 29.7 Å². The molecule has 4 rings (SSSR count). The predicted molar refractivity (Wildman–Crippen MR) is 115 cm³/mol. The number of aryl methyl sites for hydroxylation is 2. The van der Waals surface area contributed by atoms with Crippen molar-refractivity contribution in [1.29, 1.82) is 0 Å². The molecular formula is C21H22N6O2S. The van der Waals surface area contributed by atoms with Crippen LogP contribution in [0, 0.1) is 13.8 Å². The van der Waals surface area contributed by atoms with E-state index >= 15 is 0 Å². The summed E-state index contributed by atoms with van der Waals surface area (Å²) >= 11 is 1.31. The largest absolute Gasteiger partial charge is 0.348 e. The SMILES string of the molecule is Cc1ccc(NC(=O)CSc2cc(-n3ccc(C(=O)NC4CC4)n3)ncn2)c(C)c1. The van der Waals surface area contributed by atoms with Crippen LogP contribution < -0.4 is 10.6 Å². The van der Waals surface area contributed by atoms with Crippen LogP contribution in [0.15, 0.2) is 47.9 Å². The van der Waals surface area contributed by atoms with E-state index in [9.17, 15) is 9.59 Å². The van der Waals surface area contributed by atoms with Crippen molar-refractivity contribution in [3.8, 4) is 5.82 Å². The fourth-order valence-corrected chi connectivity index (χ4v) is 3.53. The first-order chi connectivity index (χ1) is 14.5. The molecule has 1 aliphatic carbocycles. The van der Waals surface area contributed by atoms with Crippen molar-refractivity contribution in [2.75, 3.05) is 11.1 Å².